The van der Waals surface area contributed by atoms with Gasteiger partial charge in [-0.1, -0.05) is 13.3 Å². The van der Waals surface area contributed by atoms with Crippen molar-refractivity contribution in [1.29, 1.82) is 0 Å². The van der Waals surface area contributed by atoms with Crippen molar-refractivity contribution in [2.75, 3.05) is 13.1 Å². The predicted molar refractivity (Wildman–Crippen MR) is 112 cm³/mol. The van der Waals surface area contributed by atoms with E-state index in [0.29, 0.717) is 13.0 Å². The summed E-state index contributed by atoms with van der Waals surface area (Å²) in [7, 11) is 0. The van der Waals surface area contributed by atoms with E-state index in [1.165, 1.54) is 11.1 Å². The molecule has 3 atom stereocenters. The minimum absolute atomic E-state index is 0.00819. The van der Waals surface area contributed by atoms with Crippen LogP contribution in [0.25, 0.3) is 0 Å². The number of carbonyl (C=O) groups is 3. The Morgan fingerprint density at radius 2 is 2.07 bits per heavy atom. The lowest BCUT2D eigenvalue weighted by atomic mass is 9.92. The van der Waals surface area contributed by atoms with E-state index < -0.39 is 12.1 Å². The molecule has 1 aliphatic rings. The van der Waals surface area contributed by atoms with Crippen molar-refractivity contribution >= 4 is 17.7 Å². The zero-order valence-electron chi connectivity index (χ0n) is 18.0. The van der Waals surface area contributed by atoms with Gasteiger partial charge in [0.25, 0.3) is 0 Å². The second-order valence-electron chi connectivity index (χ2n) is 7.87. The highest BCUT2D eigenvalue weighted by Crippen LogP contribution is 2.25. The van der Waals surface area contributed by atoms with Crippen molar-refractivity contribution < 1.29 is 14.4 Å². The van der Waals surface area contributed by atoms with Gasteiger partial charge in [0.05, 0.1) is 6.54 Å². The van der Waals surface area contributed by atoms with Crippen LogP contribution in [0.1, 0.15) is 56.4 Å². The van der Waals surface area contributed by atoms with Gasteiger partial charge in [-0.3, -0.25) is 14.4 Å². The topological polar surface area (TPSA) is 120 Å². The van der Waals surface area contributed by atoms with E-state index in [2.05, 4.69) is 29.5 Å². The second-order valence-corrected chi connectivity index (χ2v) is 7.87. The van der Waals surface area contributed by atoms with E-state index in [1.54, 1.807) is 11.8 Å². The van der Waals surface area contributed by atoms with Gasteiger partial charge in [0, 0.05) is 24.5 Å². The standard InChI is InChI=1S/C21H35N5O3/c1-5-6-17-7-8-18(25-19(27)11-22)21(29)26(17)15(4)20(28)23-10-9-16-12-24-14(3)13(16)2/h12,15,17-18,24H,5-11,22H2,1-4H3,(H,23,28)(H,25,27)/t15-,17+,18-/m0/s1. The molecule has 0 aromatic carbocycles. The third-order valence-corrected chi connectivity index (χ3v) is 5.87. The van der Waals surface area contributed by atoms with Crippen LogP contribution in [0.2, 0.25) is 0 Å². The zero-order chi connectivity index (χ0) is 21.6. The van der Waals surface area contributed by atoms with Crippen LogP contribution >= 0.6 is 0 Å². The number of aromatic nitrogens is 1. The first-order valence-electron chi connectivity index (χ1n) is 10.5. The average Bonchev–Trinajstić information content (AvgIpc) is 3.02. The van der Waals surface area contributed by atoms with E-state index in [-0.39, 0.29) is 30.3 Å². The first-order chi connectivity index (χ1) is 13.8. The van der Waals surface area contributed by atoms with Gasteiger partial charge >= 0.3 is 0 Å². The fourth-order valence-electron chi connectivity index (χ4n) is 4.00. The number of nitrogens with two attached hydrogens (primary N) is 1. The molecule has 1 aromatic rings. The molecule has 0 radical (unpaired) electrons. The number of hydrogen-bond acceptors (Lipinski definition) is 4. The summed E-state index contributed by atoms with van der Waals surface area (Å²) in [5, 5.41) is 5.65. The van der Waals surface area contributed by atoms with Crippen LogP contribution in [-0.4, -0.2) is 58.8 Å². The van der Waals surface area contributed by atoms with Crippen LogP contribution in [0, 0.1) is 13.8 Å². The van der Waals surface area contributed by atoms with Crippen LogP contribution in [-0.2, 0) is 20.8 Å². The number of H-pyrrole nitrogens is 1. The Bertz CT molecular complexity index is 730. The van der Waals surface area contributed by atoms with Crippen LogP contribution < -0.4 is 16.4 Å². The van der Waals surface area contributed by atoms with Crippen molar-refractivity contribution in [2.45, 2.75) is 77.9 Å². The molecule has 1 aromatic heterocycles. The van der Waals surface area contributed by atoms with Crippen LogP contribution in [0.3, 0.4) is 0 Å². The lowest BCUT2D eigenvalue weighted by Crippen LogP contribution is -2.61. The van der Waals surface area contributed by atoms with E-state index in [4.69, 9.17) is 5.73 Å². The third-order valence-electron chi connectivity index (χ3n) is 5.87. The quantitative estimate of drug-likeness (QED) is 0.488. The van der Waals surface area contributed by atoms with Gasteiger partial charge in [0.15, 0.2) is 0 Å². The lowest BCUT2D eigenvalue weighted by Gasteiger charge is -2.42. The van der Waals surface area contributed by atoms with E-state index >= 15 is 0 Å². The number of aromatic amines is 1. The molecule has 0 unspecified atom stereocenters. The molecule has 8 nitrogen and oxygen atoms in total. The van der Waals surface area contributed by atoms with Crippen molar-refractivity contribution in [3.05, 3.63) is 23.0 Å². The Labute approximate surface area is 173 Å². The maximum absolute atomic E-state index is 13.0. The molecule has 1 saturated heterocycles. The molecule has 0 saturated carbocycles. The molecule has 0 spiro atoms. The Hall–Kier alpha value is -2.35. The maximum atomic E-state index is 13.0. The highest BCUT2D eigenvalue weighted by Gasteiger charge is 2.40. The summed E-state index contributed by atoms with van der Waals surface area (Å²) in [6.45, 7) is 8.26. The van der Waals surface area contributed by atoms with Crippen molar-refractivity contribution in [3.63, 3.8) is 0 Å². The fourth-order valence-corrected chi connectivity index (χ4v) is 4.00. The molecule has 1 fully saturated rings. The molecular weight excluding hydrogens is 370 g/mol. The highest BCUT2D eigenvalue weighted by atomic mass is 16.2. The number of nitrogens with one attached hydrogen (secondary N) is 3. The van der Waals surface area contributed by atoms with Crippen LogP contribution in [0.4, 0.5) is 0 Å². The molecular formula is C21H35N5O3. The van der Waals surface area contributed by atoms with Crippen LogP contribution in [0.15, 0.2) is 6.20 Å². The first kappa shape index (κ1) is 22.9. The minimum Gasteiger partial charge on any atom is -0.365 e. The molecule has 162 valence electrons. The van der Waals surface area contributed by atoms with Crippen molar-refractivity contribution in [1.82, 2.24) is 20.5 Å². The molecule has 5 N–H and O–H groups in total. The third kappa shape index (κ3) is 5.59. The Morgan fingerprint density at radius 3 is 2.66 bits per heavy atom. The molecule has 8 heteroatoms. The Balaban J connectivity index is 2.01. The molecule has 2 heterocycles. The minimum atomic E-state index is -0.611. The summed E-state index contributed by atoms with van der Waals surface area (Å²) in [4.78, 5) is 42.3. The molecule has 3 amide bonds. The molecule has 2 rings (SSSR count). The number of rotatable bonds is 9. The molecule has 1 aliphatic heterocycles. The normalized spacial score (nSPS) is 20.4. The second kappa shape index (κ2) is 10.4. The van der Waals surface area contributed by atoms with Gasteiger partial charge in [0.2, 0.25) is 17.7 Å². The number of aryl methyl sites for hydroxylation is 1. The SMILES string of the molecule is CCC[C@@H]1CC[C@H](NC(=O)CN)C(=O)N1[C@@H](C)C(=O)NCCc1c[nH]c(C)c1C. The lowest BCUT2D eigenvalue weighted by molar-refractivity contribution is -0.148. The molecule has 29 heavy (non-hydrogen) atoms. The van der Waals surface area contributed by atoms with Gasteiger partial charge in [-0.2, -0.15) is 0 Å². The summed E-state index contributed by atoms with van der Waals surface area (Å²) in [5.74, 6) is -0.724. The monoisotopic (exact) mass is 405 g/mol. The van der Waals surface area contributed by atoms with Crippen molar-refractivity contribution in [3.8, 4) is 0 Å². The maximum Gasteiger partial charge on any atom is 0.246 e. The highest BCUT2D eigenvalue weighted by molar-refractivity contribution is 5.93. The summed E-state index contributed by atoms with van der Waals surface area (Å²) in [6.07, 6.45) is 5.80. The summed E-state index contributed by atoms with van der Waals surface area (Å²) in [5.41, 5.74) is 8.88. The predicted octanol–water partition coefficient (Wildman–Crippen LogP) is 0.913. The number of carbonyl (C=O) groups excluding carboxylic acids is 3. The van der Waals surface area contributed by atoms with Gasteiger partial charge in [0.1, 0.15) is 12.1 Å². The largest absolute Gasteiger partial charge is 0.365 e. The van der Waals surface area contributed by atoms with E-state index in [0.717, 1.165) is 31.4 Å². The van der Waals surface area contributed by atoms with Crippen LogP contribution in [0.5, 0.6) is 0 Å². The van der Waals surface area contributed by atoms with Gasteiger partial charge in [-0.05, 0) is 57.6 Å². The molecule has 0 aliphatic carbocycles. The van der Waals surface area contributed by atoms with Gasteiger partial charge < -0.3 is 26.3 Å². The summed E-state index contributed by atoms with van der Waals surface area (Å²) < 4.78 is 0. The van der Waals surface area contributed by atoms with E-state index in [9.17, 15) is 14.4 Å². The van der Waals surface area contributed by atoms with Gasteiger partial charge in [-0.25, -0.2) is 0 Å². The number of hydrogen-bond donors (Lipinski definition) is 4. The van der Waals surface area contributed by atoms with E-state index in [1.807, 2.05) is 13.1 Å². The summed E-state index contributed by atoms with van der Waals surface area (Å²) >= 11 is 0. The number of nitrogens with zero attached hydrogens (tertiary/aromatic N) is 1. The first-order valence-corrected chi connectivity index (χ1v) is 10.5. The fraction of sp³-hybridized carbons (Fsp3) is 0.667. The Morgan fingerprint density at radius 1 is 1.34 bits per heavy atom. The van der Waals surface area contributed by atoms with Crippen molar-refractivity contribution in [2.24, 2.45) is 5.73 Å². The number of piperidine rings is 1. The van der Waals surface area contributed by atoms with Gasteiger partial charge in [-0.15, -0.1) is 0 Å². The molecule has 0 bridgehead atoms. The zero-order valence-corrected chi connectivity index (χ0v) is 18.0. The number of amides is 3. The number of likely N-dealkylation sites (tertiary alicyclic amines) is 1. The summed E-state index contributed by atoms with van der Waals surface area (Å²) in [6, 6.07) is -1.19. The Kier molecular flexibility index (Phi) is 8.25. The smallest absolute Gasteiger partial charge is 0.246 e. The average molecular weight is 406 g/mol.